The highest BCUT2D eigenvalue weighted by molar-refractivity contribution is 5.92. The minimum Gasteiger partial charge on any atom is -0.493 e. The number of benzene rings is 2. The van der Waals surface area contributed by atoms with Crippen molar-refractivity contribution >= 4 is 16.7 Å². The van der Waals surface area contributed by atoms with Crippen LogP contribution in [0.2, 0.25) is 0 Å². The molecule has 7 heteroatoms. The summed E-state index contributed by atoms with van der Waals surface area (Å²) in [5.74, 6) is 2.50. The number of ether oxygens (including phenoxy) is 2. The number of anilines is 1. The summed E-state index contributed by atoms with van der Waals surface area (Å²) in [4.78, 5) is 13.4. The Hall–Kier alpha value is -3.61. The van der Waals surface area contributed by atoms with Crippen LogP contribution in [0.1, 0.15) is 5.56 Å². The van der Waals surface area contributed by atoms with Gasteiger partial charge in [0, 0.05) is 30.4 Å². The molecule has 0 amide bonds. The van der Waals surface area contributed by atoms with Crippen LogP contribution in [0.3, 0.4) is 0 Å². The van der Waals surface area contributed by atoms with Gasteiger partial charge in [0.1, 0.15) is 12.1 Å². The van der Waals surface area contributed by atoms with E-state index in [9.17, 15) is 0 Å². The van der Waals surface area contributed by atoms with E-state index in [1.807, 2.05) is 36.5 Å². The number of imidazole rings is 1. The summed E-state index contributed by atoms with van der Waals surface area (Å²) in [6.45, 7) is 0.644. The minimum absolute atomic E-state index is 0.530. The lowest BCUT2D eigenvalue weighted by Gasteiger charge is -2.14. The summed E-state index contributed by atoms with van der Waals surface area (Å²) in [5.41, 5.74) is 1.91. The van der Waals surface area contributed by atoms with Crippen molar-refractivity contribution in [3.63, 3.8) is 0 Å². The average molecular weight is 361 g/mol. The number of fused-ring (bicyclic) bond motifs is 1. The van der Waals surface area contributed by atoms with Crippen LogP contribution in [0.4, 0.5) is 5.82 Å². The molecule has 0 bridgehead atoms. The summed E-state index contributed by atoms with van der Waals surface area (Å²) in [6.07, 6.45) is 5.17. The van der Waals surface area contributed by atoms with Crippen LogP contribution in [0, 0.1) is 0 Å². The van der Waals surface area contributed by atoms with Crippen LogP contribution in [-0.2, 0) is 6.54 Å². The second kappa shape index (κ2) is 7.33. The van der Waals surface area contributed by atoms with Crippen molar-refractivity contribution in [2.75, 3.05) is 19.5 Å². The molecule has 0 radical (unpaired) electrons. The molecule has 136 valence electrons. The Morgan fingerprint density at radius 1 is 1.00 bits per heavy atom. The van der Waals surface area contributed by atoms with Gasteiger partial charge in [0.05, 0.1) is 19.7 Å². The lowest BCUT2D eigenvalue weighted by Crippen LogP contribution is -2.07. The maximum atomic E-state index is 5.44. The van der Waals surface area contributed by atoms with Gasteiger partial charge in [-0.1, -0.05) is 30.3 Å². The summed E-state index contributed by atoms with van der Waals surface area (Å²) in [6, 6.07) is 13.9. The van der Waals surface area contributed by atoms with Crippen molar-refractivity contribution < 1.29 is 9.47 Å². The van der Waals surface area contributed by atoms with Crippen LogP contribution >= 0.6 is 0 Å². The topological polar surface area (TPSA) is 74.1 Å². The Bertz CT molecular complexity index is 1050. The molecule has 4 aromatic rings. The Morgan fingerprint density at radius 3 is 2.48 bits per heavy atom. The van der Waals surface area contributed by atoms with E-state index < -0.39 is 0 Å². The molecule has 27 heavy (non-hydrogen) atoms. The van der Waals surface area contributed by atoms with Crippen LogP contribution < -0.4 is 14.8 Å². The highest BCUT2D eigenvalue weighted by atomic mass is 16.5. The van der Waals surface area contributed by atoms with E-state index in [0.717, 1.165) is 16.5 Å². The molecule has 2 aromatic heterocycles. The van der Waals surface area contributed by atoms with Crippen molar-refractivity contribution in [2.45, 2.75) is 6.54 Å². The van der Waals surface area contributed by atoms with Crippen molar-refractivity contribution in [1.29, 1.82) is 0 Å². The fourth-order valence-corrected chi connectivity index (χ4v) is 2.85. The molecule has 0 aliphatic heterocycles. The monoisotopic (exact) mass is 361 g/mol. The zero-order valence-corrected chi connectivity index (χ0v) is 15.1. The van der Waals surface area contributed by atoms with Crippen LogP contribution in [0.15, 0.2) is 61.2 Å². The highest BCUT2D eigenvalue weighted by Gasteiger charge is 2.14. The third-order valence-electron chi connectivity index (χ3n) is 4.23. The normalized spacial score (nSPS) is 10.7. The van der Waals surface area contributed by atoms with Crippen molar-refractivity contribution in [2.24, 2.45) is 0 Å². The number of aromatic nitrogens is 4. The molecule has 2 heterocycles. The SMILES string of the molecule is COc1cc2nc(-n3ccnc3)nc(NCc3ccccc3)c2cc1OC. The third-order valence-corrected chi connectivity index (χ3v) is 4.23. The molecule has 0 unspecified atom stereocenters. The first-order valence-electron chi connectivity index (χ1n) is 8.48. The first kappa shape index (κ1) is 16.8. The van der Waals surface area contributed by atoms with Gasteiger partial charge in [-0.15, -0.1) is 0 Å². The predicted octanol–water partition coefficient (Wildman–Crippen LogP) is 3.44. The molecule has 0 aliphatic carbocycles. The molecule has 0 saturated heterocycles. The van der Waals surface area contributed by atoms with Gasteiger partial charge in [-0.2, -0.15) is 4.98 Å². The van der Waals surface area contributed by atoms with Gasteiger partial charge in [0.15, 0.2) is 11.5 Å². The van der Waals surface area contributed by atoms with Gasteiger partial charge in [-0.3, -0.25) is 4.57 Å². The van der Waals surface area contributed by atoms with Crippen molar-refractivity contribution in [1.82, 2.24) is 19.5 Å². The Labute approximate surface area is 156 Å². The molecule has 0 saturated carbocycles. The quantitative estimate of drug-likeness (QED) is 0.567. The number of methoxy groups -OCH3 is 2. The van der Waals surface area contributed by atoms with Gasteiger partial charge >= 0.3 is 0 Å². The van der Waals surface area contributed by atoms with E-state index >= 15 is 0 Å². The number of rotatable bonds is 6. The fourth-order valence-electron chi connectivity index (χ4n) is 2.85. The molecule has 2 aromatic carbocycles. The number of nitrogens with one attached hydrogen (secondary N) is 1. The van der Waals surface area contributed by atoms with E-state index in [2.05, 4.69) is 27.4 Å². The fraction of sp³-hybridized carbons (Fsp3) is 0.150. The molecular formula is C20H19N5O2. The van der Waals surface area contributed by atoms with E-state index in [4.69, 9.17) is 14.5 Å². The van der Waals surface area contributed by atoms with E-state index in [0.29, 0.717) is 29.8 Å². The van der Waals surface area contributed by atoms with Crippen LogP contribution in [0.5, 0.6) is 11.5 Å². The molecule has 0 atom stereocenters. The molecular weight excluding hydrogens is 342 g/mol. The predicted molar refractivity (Wildman–Crippen MR) is 104 cm³/mol. The largest absolute Gasteiger partial charge is 0.493 e. The Kier molecular flexibility index (Phi) is 4.57. The van der Waals surface area contributed by atoms with Crippen LogP contribution in [-0.4, -0.2) is 33.7 Å². The van der Waals surface area contributed by atoms with E-state index in [1.54, 1.807) is 31.3 Å². The molecule has 0 aliphatic rings. The van der Waals surface area contributed by atoms with Crippen LogP contribution in [0.25, 0.3) is 16.9 Å². The zero-order chi connectivity index (χ0) is 18.6. The minimum atomic E-state index is 0.530. The van der Waals surface area contributed by atoms with Gasteiger partial charge in [-0.05, 0) is 11.6 Å². The molecule has 7 nitrogen and oxygen atoms in total. The second-order valence-electron chi connectivity index (χ2n) is 5.91. The standard InChI is InChI=1S/C20H19N5O2/c1-26-17-10-15-16(11-18(17)27-2)23-20(25-9-8-21-13-25)24-19(15)22-12-14-6-4-3-5-7-14/h3-11,13H,12H2,1-2H3,(H,22,23,24). The summed E-state index contributed by atoms with van der Waals surface area (Å²) in [5, 5.41) is 4.27. The summed E-state index contributed by atoms with van der Waals surface area (Å²) >= 11 is 0. The highest BCUT2D eigenvalue weighted by Crippen LogP contribution is 2.34. The number of hydrogen-bond acceptors (Lipinski definition) is 6. The third kappa shape index (κ3) is 3.39. The smallest absolute Gasteiger partial charge is 0.237 e. The summed E-state index contributed by atoms with van der Waals surface area (Å²) in [7, 11) is 3.22. The van der Waals surface area contributed by atoms with E-state index in [1.165, 1.54) is 0 Å². The summed E-state index contributed by atoms with van der Waals surface area (Å²) < 4.78 is 12.6. The number of nitrogens with zero attached hydrogens (tertiary/aromatic N) is 4. The van der Waals surface area contributed by atoms with Crippen molar-refractivity contribution in [3.05, 3.63) is 66.7 Å². The average Bonchev–Trinajstić information content (AvgIpc) is 3.26. The first-order chi connectivity index (χ1) is 13.3. The molecule has 4 rings (SSSR count). The maximum Gasteiger partial charge on any atom is 0.237 e. The Balaban J connectivity index is 1.82. The van der Waals surface area contributed by atoms with Gasteiger partial charge in [0.25, 0.3) is 0 Å². The lowest BCUT2D eigenvalue weighted by molar-refractivity contribution is 0.356. The second-order valence-corrected chi connectivity index (χ2v) is 5.91. The Morgan fingerprint density at radius 2 is 1.78 bits per heavy atom. The lowest BCUT2D eigenvalue weighted by atomic mass is 10.2. The van der Waals surface area contributed by atoms with Crippen molar-refractivity contribution in [3.8, 4) is 17.4 Å². The molecule has 0 fully saturated rings. The molecule has 0 spiro atoms. The van der Waals surface area contributed by atoms with Gasteiger partial charge < -0.3 is 14.8 Å². The van der Waals surface area contributed by atoms with Gasteiger partial charge in [0.2, 0.25) is 5.95 Å². The van der Waals surface area contributed by atoms with Gasteiger partial charge in [-0.25, -0.2) is 9.97 Å². The van der Waals surface area contributed by atoms with E-state index in [-0.39, 0.29) is 0 Å². The molecule has 1 N–H and O–H groups in total. The first-order valence-corrected chi connectivity index (χ1v) is 8.48. The maximum absolute atomic E-state index is 5.44. The zero-order valence-electron chi connectivity index (χ0n) is 15.1. The number of hydrogen-bond donors (Lipinski definition) is 1.